The highest BCUT2D eigenvalue weighted by atomic mass is 16.2. The Labute approximate surface area is 381 Å². The quantitative estimate of drug-likeness (QED) is 0.0421. The summed E-state index contributed by atoms with van der Waals surface area (Å²) in [6.07, 6.45) is 5.06. The van der Waals surface area contributed by atoms with Crippen LogP contribution in [-0.4, -0.2) is 88.3 Å². The lowest BCUT2D eigenvalue weighted by Crippen LogP contribution is -2.60. The van der Waals surface area contributed by atoms with E-state index in [1.54, 1.807) is 48.8 Å². The second-order valence-electron chi connectivity index (χ2n) is 16.3. The maximum atomic E-state index is 14.5. The number of fused-ring (bicyclic) bond motifs is 3. The van der Waals surface area contributed by atoms with E-state index in [0.717, 1.165) is 48.7 Å². The highest BCUT2D eigenvalue weighted by Crippen LogP contribution is 2.22. The zero-order valence-corrected chi connectivity index (χ0v) is 36.5. The van der Waals surface area contributed by atoms with E-state index in [4.69, 9.17) is 11.5 Å². The van der Waals surface area contributed by atoms with Gasteiger partial charge in [-0.3, -0.25) is 29.4 Å². The second-order valence-corrected chi connectivity index (χ2v) is 16.3. The van der Waals surface area contributed by atoms with Gasteiger partial charge in [0.25, 0.3) is 11.8 Å². The third-order valence-corrected chi connectivity index (χ3v) is 11.6. The van der Waals surface area contributed by atoms with Crippen molar-refractivity contribution in [2.75, 3.05) is 13.6 Å². The molecule has 11 N–H and O–H groups in total. The number of hydrazine groups is 1. The predicted octanol–water partition coefficient (Wildman–Crippen LogP) is 4.25. The number of aromatic amines is 2. The first kappa shape index (κ1) is 46.0. The number of hydrogen-bond acceptors (Lipinski definition) is 7. The molecule has 4 atom stereocenters. The minimum Gasteiger partial charge on any atom is -0.368 e. The van der Waals surface area contributed by atoms with Crippen LogP contribution < -0.4 is 38.2 Å². The van der Waals surface area contributed by atoms with Crippen LogP contribution in [0.25, 0.3) is 32.6 Å². The minimum absolute atomic E-state index is 0.0168. The monoisotopic (exact) mass is 890 g/mol. The number of para-hydroxylation sites is 2. The number of H-pyrrole nitrogens is 2. The summed E-state index contributed by atoms with van der Waals surface area (Å²) in [5, 5.41) is 15.6. The van der Waals surface area contributed by atoms with Gasteiger partial charge in [-0.25, -0.2) is 9.80 Å². The van der Waals surface area contributed by atoms with Gasteiger partial charge in [0, 0.05) is 66.1 Å². The Morgan fingerprint density at radius 3 is 1.74 bits per heavy atom. The van der Waals surface area contributed by atoms with Crippen molar-refractivity contribution >= 4 is 68.1 Å². The van der Waals surface area contributed by atoms with Gasteiger partial charge in [0.05, 0.1) is 0 Å². The molecular weight excluding hydrogens is 837 g/mol. The average Bonchev–Trinajstić information content (AvgIpc) is 3.94. The number of amides is 7. The summed E-state index contributed by atoms with van der Waals surface area (Å²) >= 11 is 0. The van der Waals surface area contributed by atoms with Crippen molar-refractivity contribution in [1.82, 2.24) is 41.7 Å². The fourth-order valence-electron chi connectivity index (χ4n) is 7.95. The number of carbonyl (C=O) groups excluding carboxylic acids is 6. The van der Waals surface area contributed by atoms with Crippen molar-refractivity contribution in [2.45, 2.75) is 62.7 Å². The molecular formula is C50H54N10O6. The van der Waals surface area contributed by atoms with Crippen molar-refractivity contribution in [3.63, 3.8) is 0 Å². The summed E-state index contributed by atoms with van der Waals surface area (Å²) in [5.74, 6) is -3.26. The van der Waals surface area contributed by atoms with Crippen LogP contribution in [0.15, 0.2) is 134 Å². The molecule has 2 heterocycles. The molecule has 0 radical (unpaired) electrons. The third kappa shape index (κ3) is 11.6. The molecule has 2 aromatic heterocycles. The number of unbranched alkanes of at least 4 members (excludes halogenated alkanes) is 1. The standard InChI is InChI=1S/C50H54N10O6/c1-60(59-49(65)44(28-36-30-54-40-20-10-8-18-38(36)40)56-46(62)34-23-22-32-15-5-6-16-33(32)26-34)50(66)58-43(27-35-29-53-39-19-9-7-17-37(35)39)48(64)57-42(25-31-13-3-2-4-14-31)47(63)55-41(45(52)61)21-11-12-24-51/h2-10,13-20,22-23,26,29-30,41-44,53-54H,11-12,21,24-25,27-28,51H2,1H3,(H2,52,61)(H,55,63)(H,56,62)(H,57,64)(H,58,66)(H,59,65)/t41-,42+,43-,44+/m0/s1. The van der Waals surface area contributed by atoms with Crippen LogP contribution in [0, 0.1) is 0 Å². The van der Waals surface area contributed by atoms with Crippen molar-refractivity contribution < 1.29 is 28.8 Å². The molecule has 0 fully saturated rings. The number of rotatable bonds is 19. The first-order valence-corrected chi connectivity index (χ1v) is 21.9. The molecule has 16 nitrogen and oxygen atoms in total. The number of urea groups is 1. The first-order valence-electron chi connectivity index (χ1n) is 21.9. The van der Waals surface area contributed by atoms with Crippen molar-refractivity contribution in [2.24, 2.45) is 11.5 Å². The highest BCUT2D eigenvalue weighted by molar-refractivity contribution is 6.01. The van der Waals surface area contributed by atoms with Crippen molar-refractivity contribution in [1.29, 1.82) is 0 Å². The SMILES string of the molecule is CN(NC(=O)[C@@H](Cc1c[nH]c2ccccc12)NC(=O)c1ccc2ccccc2c1)C(=O)N[C@@H](Cc1c[nH]c2ccccc12)C(=O)N[C@H](Cc1ccccc1)C(=O)N[C@@H](CCCCN)C(N)=O. The minimum atomic E-state index is -1.28. The maximum Gasteiger partial charge on any atom is 0.336 e. The van der Waals surface area contributed by atoms with E-state index in [1.807, 2.05) is 84.9 Å². The number of primary amides is 1. The zero-order valence-electron chi connectivity index (χ0n) is 36.5. The molecule has 16 heteroatoms. The fourth-order valence-corrected chi connectivity index (χ4v) is 7.95. The highest BCUT2D eigenvalue weighted by Gasteiger charge is 2.32. The van der Waals surface area contributed by atoms with Gasteiger partial charge in [-0.2, -0.15) is 0 Å². The second kappa shape index (κ2) is 21.6. The zero-order chi connectivity index (χ0) is 46.6. The van der Waals surface area contributed by atoms with E-state index in [-0.39, 0.29) is 25.7 Å². The van der Waals surface area contributed by atoms with Crippen molar-refractivity contribution in [3.8, 4) is 0 Å². The molecule has 340 valence electrons. The fraction of sp³-hybridized carbons (Fsp3) is 0.240. The Hall–Kier alpha value is -7.98. The molecule has 0 saturated carbocycles. The van der Waals surface area contributed by atoms with Gasteiger partial charge in [-0.05, 0) is 77.5 Å². The summed E-state index contributed by atoms with van der Waals surface area (Å²) in [5.41, 5.74) is 18.1. The number of nitrogens with one attached hydrogen (secondary N) is 7. The number of benzene rings is 5. The molecule has 0 unspecified atom stereocenters. The number of carbonyl (C=O) groups is 6. The van der Waals surface area contributed by atoms with Gasteiger partial charge in [0.2, 0.25) is 17.7 Å². The lowest BCUT2D eigenvalue weighted by atomic mass is 10.0. The van der Waals surface area contributed by atoms with Gasteiger partial charge < -0.3 is 42.7 Å². The van der Waals surface area contributed by atoms with Crippen LogP contribution in [0.3, 0.4) is 0 Å². The van der Waals surface area contributed by atoms with E-state index in [2.05, 4.69) is 36.7 Å². The summed E-state index contributed by atoms with van der Waals surface area (Å²) < 4.78 is 0. The van der Waals surface area contributed by atoms with Crippen molar-refractivity contribution in [3.05, 3.63) is 156 Å². The Kier molecular flexibility index (Phi) is 15.1. The smallest absolute Gasteiger partial charge is 0.336 e. The molecule has 5 aromatic carbocycles. The van der Waals surface area contributed by atoms with Gasteiger partial charge in [-0.15, -0.1) is 0 Å². The van der Waals surface area contributed by atoms with E-state index >= 15 is 0 Å². The van der Waals surface area contributed by atoms with E-state index in [1.165, 1.54) is 7.05 Å². The number of nitrogens with two attached hydrogens (primary N) is 2. The molecule has 0 aliphatic rings. The van der Waals surface area contributed by atoms with Gasteiger partial charge in [-0.1, -0.05) is 97.1 Å². The Balaban J connectivity index is 1.12. The van der Waals surface area contributed by atoms with Gasteiger partial charge in [0.15, 0.2) is 0 Å². The van der Waals surface area contributed by atoms with E-state index in [9.17, 15) is 28.8 Å². The van der Waals surface area contributed by atoms with Crippen LogP contribution in [0.5, 0.6) is 0 Å². The molecule has 7 rings (SSSR count). The largest absolute Gasteiger partial charge is 0.368 e. The van der Waals surface area contributed by atoms with Crippen LogP contribution in [0.4, 0.5) is 4.79 Å². The molecule has 0 bridgehead atoms. The van der Waals surface area contributed by atoms with Crippen LogP contribution in [-0.2, 0) is 38.4 Å². The molecule has 0 saturated heterocycles. The summed E-state index contributed by atoms with van der Waals surface area (Å²) in [6, 6.07) is 31.5. The molecule has 7 amide bonds. The normalized spacial score (nSPS) is 13.0. The third-order valence-electron chi connectivity index (χ3n) is 11.6. The average molecular weight is 891 g/mol. The molecule has 7 aromatic rings. The van der Waals surface area contributed by atoms with Crippen LogP contribution >= 0.6 is 0 Å². The summed E-state index contributed by atoms with van der Waals surface area (Å²) in [7, 11) is 1.32. The summed E-state index contributed by atoms with van der Waals surface area (Å²) in [4.78, 5) is 89.3. The molecule has 0 aliphatic carbocycles. The van der Waals surface area contributed by atoms with Gasteiger partial charge in [0.1, 0.15) is 24.2 Å². The van der Waals surface area contributed by atoms with Crippen LogP contribution in [0.1, 0.15) is 46.3 Å². The number of aromatic nitrogens is 2. The lowest BCUT2D eigenvalue weighted by molar-refractivity contribution is -0.132. The topological polar surface area (TPSA) is 249 Å². The molecule has 0 spiro atoms. The Bertz CT molecular complexity index is 2840. The predicted molar refractivity (Wildman–Crippen MR) is 254 cm³/mol. The van der Waals surface area contributed by atoms with E-state index < -0.39 is 59.7 Å². The number of hydrogen-bond donors (Lipinski definition) is 9. The van der Waals surface area contributed by atoms with Crippen LogP contribution in [0.2, 0.25) is 0 Å². The lowest BCUT2D eigenvalue weighted by Gasteiger charge is -2.27. The Morgan fingerprint density at radius 2 is 1.12 bits per heavy atom. The van der Waals surface area contributed by atoms with Gasteiger partial charge >= 0.3 is 6.03 Å². The number of nitrogens with zero attached hydrogens (tertiary/aromatic N) is 1. The maximum absolute atomic E-state index is 14.5. The summed E-state index contributed by atoms with van der Waals surface area (Å²) in [6.45, 7) is 0.406. The first-order chi connectivity index (χ1) is 32.0. The molecule has 66 heavy (non-hydrogen) atoms. The van der Waals surface area contributed by atoms with E-state index in [0.29, 0.717) is 30.5 Å². The molecule has 0 aliphatic heterocycles. The Morgan fingerprint density at radius 1 is 0.576 bits per heavy atom.